The van der Waals surface area contributed by atoms with Gasteiger partial charge in [0.05, 0.1) is 7.11 Å². The lowest BCUT2D eigenvalue weighted by atomic mass is 10.0. The van der Waals surface area contributed by atoms with Gasteiger partial charge in [-0.15, -0.1) is 0 Å². The minimum atomic E-state index is 0.195. The lowest BCUT2D eigenvalue weighted by Crippen LogP contribution is -2.22. The molecule has 0 saturated carbocycles. The summed E-state index contributed by atoms with van der Waals surface area (Å²) in [6, 6.07) is 16.4. The van der Waals surface area contributed by atoms with Gasteiger partial charge in [-0.25, -0.2) is 0 Å². The first-order valence-corrected chi connectivity index (χ1v) is 7.14. The van der Waals surface area contributed by atoms with E-state index in [1.165, 1.54) is 5.56 Å². The van der Waals surface area contributed by atoms with E-state index in [-0.39, 0.29) is 12.1 Å². The summed E-state index contributed by atoms with van der Waals surface area (Å²) in [6.45, 7) is 4.27. The Kier molecular flexibility index (Phi) is 5.05. The molecule has 0 aromatic heterocycles. The van der Waals surface area contributed by atoms with E-state index in [4.69, 9.17) is 16.3 Å². The Balaban J connectivity index is 2.13. The summed E-state index contributed by atoms with van der Waals surface area (Å²) in [7, 11) is 1.70. The zero-order valence-electron chi connectivity index (χ0n) is 12.1. The number of nitrogens with one attached hydrogen (secondary N) is 1. The predicted molar refractivity (Wildman–Crippen MR) is 84.4 cm³/mol. The van der Waals surface area contributed by atoms with Gasteiger partial charge in [-0.3, -0.25) is 0 Å². The normalized spacial score (nSPS) is 13.8. The standard InChI is InChI=1S/C17H20ClNO/c1-12(14-7-6-8-15(18)11-14)19-13(2)16-9-4-5-10-17(16)20-3/h4-13,19H,1-3H3/t12?,13-/m0/s1. The van der Waals surface area contributed by atoms with Crippen LogP contribution in [-0.4, -0.2) is 7.11 Å². The maximum atomic E-state index is 6.04. The second-order valence-corrected chi connectivity index (χ2v) is 5.34. The molecule has 2 atom stereocenters. The molecule has 1 unspecified atom stereocenters. The molecule has 0 spiro atoms. The van der Waals surface area contributed by atoms with Crippen molar-refractivity contribution in [3.05, 3.63) is 64.7 Å². The summed E-state index contributed by atoms with van der Waals surface area (Å²) < 4.78 is 5.41. The van der Waals surface area contributed by atoms with Crippen molar-refractivity contribution in [3.63, 3.8) is 0 Å². The number of ether oxygens (including phenoxy) is 1. The van der Waals surface area contributed by atoms with Crippen LogP contribution in [0.25, 0.3) is 0 Å². The molecule has 0 aliphatic carbocycles. The Morgan fingerprint density at radius 3 is 2.45 bits per heavy atom. The van der Waals surface area contributed by atoms with Gasteiger partial charge in [0.2, 0.25) is 0 Å². The van der Waals surface area contributed by atoms with Gasteiger partial charge in [0.1, 0.15) is 5.75 Å². The second-order valence-electron chi connectivity index (χ2n) is 4.91. The zero-order chi connectivity index (χ0) is 14.5. The first kappa shape index (κ1) is 14.9. The summed E-state index contributed by atoms with van der Waals surface area (Å²) in [6.07, 6.45) is 0. The van der Waals surface area contributed by atoms with Gasteiger partial charge in [0.25, 0.3) is 0 Å². The monoisotopic (exact) mass is 289 g/mol. The molecule has 2 nitrogen and oxygen atoms in total. The van der Waals surface area contributed by atoms with Crippen molar-refractivity contribution in [1.82, 2.24) is 5.32 Å². The highest BCUT2D eigenvalue weighted by atomic mass is 35.5. The summed E-state index contributed by atoms with van der Waals surface area (Å²) in [5.74, 6) is 0.908. The summed E-state index contributed by atoms with van der Waals surface area (Å²) >= 11 is 6.04. The lowest BCUT2D eigenvalue weighted by Gasteiger charge is -2.22. The van der Waals surface area contributed by atoms with Crippen molar-refractivity contribution in [3.8, 4) is 5.75 Å². The molecule has 2 rings (SSSR count). The van der Waals surface area contributed by atoms with Crippen LogP contribution in [-0.2, 0) is 0 Å². The Hall–Kier alpha value is -1.51. The zero-order valence-corrected chi connectivity index (χ0v) is 12.8. The molecule has 0 amide bonds. The Morgan fingerprint density at radius 1 is 1.00 bits per heavy atom. The van der Waals surface area contributed by atoms with E-state index in [1.807, 2.05) is 36.4 Å². The van der Waals surface area contributed by atoms with E-state index in [2.05, 4.69) is 31.3 Å². The lowest BCUT2D eigenvalue weighted by molar-refractivity contribution is 0.396. The van der Waals surface area contributed by atoms with Crippen LogP contribution in [0.5, 0.6) is 5.75 Å². The van der Waals surface area contributed by atoms with Gasteiger partial charge < -0.3 is 10.1 Å². The third-order valence-corrected chi connectivity index (χ3v) is 3.69. The third kappa shape index (κ3) is 3.53. The van der Waals surface area contributed by atoms with Crippen molar-refractivity contribution < 1.29 is 4.74 Å². The fourth-order valence-corrected chi connectivity index (χ4v) is 2.56. The topological polar surface area (TPSA) is 21.3 Å². The highest BCUT2D eigenvalue weighted by Gasteiger charge is 2.14. The molecule has 0 aliphatic rings. The van der Waals surface area contributed by atoms with E-state index < -0.39 is 0 Å². The van der Waals surface area contributed by atoms with Crippen molar-refractivity contribution in [2.75, 3.05) is 7.11 Å². The van der Waals surface area contributed by atoms with Crippen LogP contribution < -0.4 is 10.1 Å². The van der Waals surface area contributed by atoms with Crippen LogP contribution >= 0.6 is 11.6 Å². The Labute approximate surface area is 125 Å². The van der Waals surface area contributed by atoms with Crippen molar-refractivity contribution >= 4 is 11.6 Å². The molecule has 0 bridgehead atoms. The fraction of sp³-hybridized carbons (Fsp3) is 0.294. The Morgan fingerprint density at radius 2 is 1.75 bits per heavy atom. The molecule has 106 valence electrons. The molecule has 1 N–H and O–H groups in total. The molecule has 2 aromatic rings. The number of para-hydroxylation sites is 1. The van der Waals surface area contributed by atoms with Gasteiger partial charge >= 0.3 is 0 Å². The van der Waals surface area contributed by atoms with E-state index >= 15 is 0 Å². The average Bonchev–Trinajstić information content (AvgIpc) is 2.47. The molecule has 0 heterocycles. The van der Waals surface area contributed by atoms with E-state index in [1.54, 1.807) is 7.11 Å². The van der Waals surface area contributed by atoms with Crippen LogP contribution in [0.2, 0.25) is 5.02 Å². The maximum absolute atomic E-state index is 6.04. The average molecular weight is 290 g/mol. The van der Waals surface area contributed by atoms with Gasteiger partial charge in [-0.1, -0.05) is 41.9 Å². The van der Waals surface area contributed by atoms with Crippen molar-refractivity contribution in [2.45, 2.75) is 25.9 Å². The van der Waals surface area contributed by atoms with Crippen LogP contribution in [0.1, 0.15) is 37.1 Å². The highest BCUT2D eigenvalue weighted by Crippen LogP contribution is 2.27. The minimum Gasteiger partial charge on any atom is -0.496 e. The summed E-state index contributed by atoms with van der Waals surface area (Å²) in [5, 5.41) is 4.34. The number of rotatable bonds is 5. The van der Waals surface area contributed by atoms with Crippen LogP contribution in [0.3, 0.4) is 0 Å². The first-order chi connectivity index (χ1) is 9.61. The molecule has 3 heteroatoms. The smallest absolute Gasteiger partial charge is 0.123 e. The van der Waals surface area contributed by atoms with Crippen LogP contribution in [0.4, 0.5) is 0 Å². The molecule has 0 saturated heterocycles. The van der Waals surface area contributed by atoms with Crippen LogP contribution in [0.15, 0.2) is 48.5 Å². The van der Waals surface area contributed by atoms with Gasteiger partial charge in [0, 0.05) is 22.7 Å². The fourth-order valence-electron chi connectivity index (χ4n) is 2.36. The van der Waals surface area contributed by atoms with Crippen molar-refractivity contribution in [1.29, 1.82) is 0 Å². The number of methoxy groups -OCH3 is 1. The van der Waals surface area contributed by atoms with Crippen LogP contribution in [0, 0.1) is 0 Å². The van der Waals surface area contributed by atoms with Gasteiger partial charge in [-0.05, 0) is 37.6 Å². The largest absolute Gasteiger partial charge is 0.496 e. The minimum absolute atomic E-state index is 0.195. The van der Waals surface area contributed by atoms with E-state index in [9.17, 15) is 0 Å². The molecule has 0 fully saturated rings. The second kappa shape index (κ2) is 6.78. The number of hydrogen-bond acceptors (Lipinski definition) is 2. The molecule has 0 radical (unpaired) electrons. The summed E-state index contributed by atoms with van der Waals surface area (Å²) in [4.78, 5) is 0. The molecule has 20 heavy (non-hydrogen) atoms. The summed E-state index contributed by atoms with van der Waals surface area (Å²) in [5.41, 5.74) is 2.34. The SMILES string of the molecule is COc1ccccc1[C@H](C)NC(C)c1cccc(Cl)c1. The molecular formula is C17H20ClNO. The molecular weight excluding hydrogens is 270 g/mol. The van der Waals surface area contributed by atoms with E-state index in [0.29, 0.717) is 0 Å². The number of benzene rings is 2. The Bertz CT molecular complexity index is 570. The quantitative estimate of drug-likeness (QED) is 0.857. The third-order valence-electron chi connectivity index (χ3n) is 3.45. The van der Waals surface area contributed by atoms with E-state index in [0.717, 1.165) is 16.3 Å². The maximum Gasteiger partial charge on any atom is 0.123 e. The number of halogens is 1. The number of hydrogen-bond donors (Lipinski definition) is 1. The first-order valence-electron chi connectivity index (χ1n) is 6.76. The molecule has 2 aromatic carbocycles. The predicted octanol–water partition coefficient (Wildman–Crippen LogP) is 4.76. The highest BCUT2D eigenvalue weighted by molar-refractivity contribution is 6.30. The van der Waals surface area contributed by atoms with Gasteiger partial charge in [-0.2, -0.15) is 0 Å². The van der Waals surface area contributed by atoms with Gasteiger partial charge in [0.15, 0.2) is 0 Å². The van der Waals surface area contributed by atoms with Crippen molar-refractivity contribution in [2.24, 2.45) is 0 Å². The molecule has 0 aliphatic heterocycles.